The maximum atomic E-state index is 12.5. The quantitative estimate of drug-likeness (QED) is 0.687. The molecule has 160 valence electrons. The molecular weight excluding hydrogens is 372 g/mol. The number of hydrogen-bond acceptors (Lipinski definition) is 3. The van der Waals surface area contributed by atoms with E-state index < -0.39 is 0 Å². The summed E-state index contributed by atoms with van der Waals surface area (Å²) in [6.07, 6.45) is 6.49. The second-order valence-electron chi connectivity index (χ2n) is 8.88. The molecule has 1 atom stereocenters. The third kappa shape index (κ3) is 5.63. The second kappa shape index (κ2) is 10.1. The summed E-state index contributed by atoms with van der Waals surface area (Å²) in [6.45, 7) is 5.20. The van der Waals surface area contributed by atoms with Gasteiger partial charge in [0.1, 0.15) is 5.75 Å². The molecule has 0 N–H and O–H groups in total. The van der Waals surface area contributed by atoms with Gasteiger partial charge in [0.05, 0.1) is 13.5 Å². The lowest BCUT2D eigenvalue weighted by molar-refractivity contribution is -0.131. The standard InChI is InChI=1S/C26H34N2O2/c1-30-25-11-9-23(10-12-25)19-27-16-13-24(20-27)17-21-5-7-22(8-6-21)18-26(29)28-14-3-2-4-15-28/h5-12,24H,2-4,13-20H2,1H3. The lowest BCUT2D eigenvalue weighted by Gasteiger charge is -2.26. The number of methoxy groups -OCH3 is 1. The van der Waals surface area contributed by atoms with Crippen LogP contribution in [0.2, 0.25) is 0 Å². The highest BCUT2D eigenvalue weighted by Crippen LogP contribution is 2.23. The van der Waals surface area contributed by atoms with Crippen molar-refractivity contribution in [1.82, 2.24) is 9.80 Å². The molecule has 1 unspecified atom stereocenters. The highest BCUT2D eigenvalue weighted by molar-refractivity contribution is 5.78. The number of piperidine rings is 1. The second-order valence-corrected chi connectivity index (χ2v) is 8.88. The molecule has 0 aliphatic carbocycles. The zero-order valence-electron chi connectivity index (χ0n) is 18.2. The lowest BCUT2D eigenvalue weighted by Crippen LogP contribution is -2.36. The van der Waals surface area contributed by atoms with Gasteiger partial charge in [0.25, 0.3) is 0 Å². The van der Waals surface area contributed by atoms with Gasteiger partial charge < -0.3 is 9.64 Å². The molecule has 1 amide bonds. The van der Waals surface area contributed by atoms with Crippen LogP contribution in [0.25, 0.3) is 0 Å². The van der Waals surface area contributed by atoms with E-state index in [0.717, 1.165) is 56.8 Å². The average Bonchev–Trinajstić information content (AvgIpc) is 3.23. The fourth-order valence-corrected chi connectivity index (χ4v) is 4.77. The Kier molecular flexibility index (Phi) is 7.06. The zero-order valence-corrected chi connectivity index (χ0v) is 18.2. The predicted molar refractivity (Wildman–Crippen MR) is 121 cm³/mol. The molecule has 2 aliphatic rings. The molecule has 0 bridgehead atoms. The summed E-state index contributed by atoms with van der Waals surface area (Å²) in [5.74, 6) is 1.91. The number of ether oxygens (including phenoxy) is 1. The largest absolute Gasteiger partial charge is 0.497 e. The van der Waals surface area contributed by atoms with Crippen molar-refractivity contribution < 1.29 is 9.53 Å². The number of carbonyl (C=O) groups is 1. The maximum Gasteiger partial charge on any atom is 0.226 e. The van der Waals surface area contributed by atoms with Crippen molar-refractivity contribution in [2.24, 2.45) is 5.92 Å². The normalized spacial score (nSPS) is 19.8. The van der Waals surface area contributed by atoms with Gasteiger partial charge in [-0.05, 0) is 73.4 Å². The van der Waals surface area contributed by atoms with E-state index in [1.165, 1.54) is 30.5 Å². The van der Waals surface area contributed by atoms with Gasteiger partial charge in [-0.3, -0.25) is 9.69 Å². The SMILES string of the molecule is COc1ccc(CN2CCC(Cc3ccc(CC(=O)N4CCCCC4)cc3)C2)cc1. The van der Waals surface area contributed by atoms with Crippen LogP contribution in [0.3, 0.4) is 0 Å². The number of likely N-dealkylation sites (tertiary alicyclic amines) is 2. The molecule has 4 nitrogen and oxygen atoms in total. The predicted octanol–water partition coefficient (Wildman–Crippen LogP) is 4.31. The first-order valence-electron chi connectivity index (χ1n) is 11.4. The summed E-state index contributed by atoms with van der Waals surface area (Å²) < 4.78 is 5.25. The molecule has 0 saturated carbocycles. The van der Waals surface area contributed by atoms with Crippen molar-refractivity contribution in [1.29, 1.82) is 0 Å². The van der Waals surface area contributed by atoms with Gasteiger partial charge in [-0.2, -0.15) is 0 Å². The fourth-order valence-electron chi connectivity index (χ4n) is 4.77. The Labute approximate surface area is 180 Å². The van der Waals surface area contributed by atoms with Gasteiger partial charge in [-0.25, -0.2) is 0 Å². The first kappa shape index (κ1) is 20.9. The minimum atomic E-state index is 0.285. The Morgan fingerprint density at radius 1 is 0.900 bits per heavy atom. The molecule has 0 aromatic heterocycles. The Hall–Kier alpha value is -2.33. The van der Waals surface area contributed by atoms with Gasteiger partial charge in [-0.1, -0.05) is 36.4 Å². The fraction of sp³-hybridized carbons (Fsp3) is 0.500. The Bertz CT molecular complexity index is 810. The molecular formula is C26H34N2O2. The topological polar surface area (TPSA) is 32.8 Å². The molecule has 2 aromatic rings. The first-order valence-corrected chi connectivity index (χ1v) is 11.4. The number of amides is 1. The van der Waals surface area contributed by atoms with Crippen LogP contribution in [0, 0.1) is 5.92 Å². The summed E-state index contributed by atoms with van der Waals surface area (Å²) in [6, 6.07) is 17.2. The van der Waals surface area contributed by atoms with Crippen molar-refractivity contribution in [3.8, 4) is 5.75 Å². The van der Waals surface area contributed by atoms with E-state index in [0.29, 0.717) is 12.3 Å². The molecule has 0 radical (unpaired) electrons. The zero-order chi connectivity index (χ0) is 20.8. The molecule has 4 rings (SSSR count). The minimum Gasteiger partial charge on any atom is -0.497 e. The van der Waals surface area contributed by atoms with E-state index in [9.17, 15) is 4.79 Å². The van der Waals surface area contributed by atoms with E-state index in [2.05, 4.69) is 41.3 Å². The number of nitrogens with zero attached hydrogens (tertiary/aromatic N) is 2. The number of hydrogen-bond donors (Lipinski definition) is 0. The van der Waals surface area contributed by atoms with E-state index in [4.69, 9.17) is 4.74 Å². The van der Waals surface area contributed by atoms with Gasteiger partial charge in [0, 0.05) is 26.2 Å². The molecule has 2 aromatic carbocycles. The highest BCUT2D eigenvalue weighted by Gasteiger charge is 2.23. The smallest absolute Gasteiger partial charge is 0.226 e. The van der Waals surface area contributed by atoms with Crippen molar-refractivity contribution in [3.05, 3.63) is 65.2 Å². The summed E-state index contributed by atoms with van der Waals surface area (Å²) in [4.78, 5) is 17.1. The Balaban J connectivity index is 1.24. The monoisotopic (exact) mass is 406 g/mol. The molecule has 4 heteroatoms. The number of benzene rings is 2. The maximum absolute atomic E-state index is 12.5. The average molecular weight is 407 g/mol. The van der Waals surface area contributed by atoms with Crippen molar-refractivity contribution in [3.63, 3.8) is 0 Å². The molecule has 2 saturated heterocycles. The van der Waals surface area contributed by atoms with E-state index >= 15 is 0 Å². The summed E-state index contributed by atoms with van der Waals surface area (Å²) >= 11 is 0. The lowest BCUT2D eigenvalue weighted by atomic mass is 9.97. The van der Waals surface area contributed by atoms with E-state index in [1.807, 2.05) is 17.0 Å². The van der Waals surface area contributed by atoms with Crippen LogP contribution in [0.15, 0.2) is 48.5 Å². The van der Waals surface area contributed by atoms with Crippen molar-refractivity contribution in [2.45, 2.75) is 45.1 Å². The Morgan fingerprint density at radius 2 is 1.57 bits per heavy atom. The summed E-state index contributed by atoms with van der Waals surface area (Å²) in [5.41, 5.74) is 3.88. The third-order valence-electron chi connectivity index (χ3n) is 6.55. The highest BCUT2D eigenvalue weighted by atomic mass is 16.5. The van der Waals surface area contributed by atoms with Gasteiger partial charge in [0.15, 0.2) is 0 Å². The molecule has 30 heavy (non-hydrogen) atoms. The minimum absolute atomic E-state index is 0.285. The van der Waals surface area contributed by atoms with Gasteiger partial charge >= 0.3 is 0 Å². The number of rotatable bonds is 7. The van der Waals surface area contributed by atoms with Crippen molar-refractivity contribution >= 4 is 5.91 Å². The van der Waals surface area contributed by atoms with Crippen LogP contribution >= 0.6 is 0 Å². The van der Waals surface area contributed by atoms with Crippen LogP contribution in [-0.4, -0.2) is 49.0 Å². The summed E-state index contributed by atoms with van der Waals surface area (Å²) in [5, 5.41) is 0. The van der Waals surface area contributed by atoms with Crippen LogP contribution in [0.5, 0.6) is 5.75 Å². The third-order valence-corrected chi connectivity index (χ3v) is 6.55. The molecule has 2 aliphatic heterocycles. The van der Waals surface area contributed by atoms with Gasteiger partial charge in [-0.15, -0.1) is 0 Å². The molecule has 2 heterocycles. The van der Waals surface area contributed by atoms with Crippen LogP contribution in [-0.2, 0) is 24.2 Å². The van der Waals surface area contributed by atoms with Gasteiger partial charge in [0.2, 0.25) is 5.91 Å². The molecule has 2 fully saturated rings. The van der Waals surface area contributed by atoms with Crippen LogP contribution < -0.4 is 4.74 Å². The first-order chi connectivity index (χ1) is 14.7. The van der Waals surface area contributed by atoms with Crippen LogP contribution in [0.1, 0.15) is 42.4 Å². The summed E-state index contributed by atoms with van der Waals surface area (Å²) in [7, 11) is 1.71. The van der Waals surface area contributed by atoms with Crippen molar-refractivity contribution in [2.75, 3.05) is 33.3 Å². The van der Waals surface area contributed by atoms with E-state index in [-0.39, 0.29) is 5.91 Å². The number of carbonyl (C=O) groups excluding carboxylic acids is 1. The molecule has 0 spiro atoms. The van der Waals surface area contributed by atoms with Crippen LogP contribution in [0.4, 0.5) is 0 Å². The Morgan fingerprint density at radius 3 is 2.27 bits per heavy atom. The van der Waals surface area contributed by atoms with E-state index in [1.54, 1.807) is 7.11 Å².